The maximum absolute atomic E-state index is 14.3. The van der Waals surface area contributed by atoms with E-state index in [1.54, 1.807) is 25.1 Å². The van der Waals surface area contributed by atoms with E-state index in [2.05, 4.69) is 5.92 Å². The number of carbonyl (C=O) groups excluding carboxylic acids is 1. The largest absolute Gasteiger partial charge is 0.480 e. The van der Waals surface area contributed by atoms with Crippen molar-refractivity contribution in [2.24, 2.45) is 4.99 Å². The minimum absolute atomic E-state index is 0.0638. The first kappa shape index (κ1) is 27.9. The summed E-state index contributed by atoms with van der Waals surface area (Å²) in [7, 11) is 0. The van der Waals surface area contributed by atoms with Crippen molar-refractivity contribution in [3.63, 3.8) is 0 Å². The fourth-order valence-corrected chi connectivity index (χ4v) is 6.18. The average Bonchev–Trinajstić information content (AvgIpc) is 3.35. The second-order valence-corrected chi connectivity index (χ2v) is 10.7. The molecule has 8 heteroatoms. The van der Waals surface area contributed by atoms with E-state index in [0.29, 0.717) is 37.5 Å². The monoisotopic (exact) mass is 588 g/mol. The van der Waals surface area contributed by atoms with Crippen molar-refractivity contribution in [3.05, 3.63) is 139 Å². The molecule has 43 heavy (non-hydrogen) atoms. The Labute approximate surface area is 250 Å². The molecule has 0 saturated heterocycles. The maximum atomic E-state index is 14.3. The zero-order valence-corrected chi connectivity index (χ0v) is 23.9. The highest BCUT2D eigenvalue weighted by molar-refractivity contribution is 7.07. The van der Waals surface area contributed by atoms with Crippen LogP contribution in [-0.2, 0) is 9.53 Å². The van der Waals surface area contributed by atoms with Gasteiger partial charge in [-0.15, -0.1) is 6.42 Å². The number of benzene rings is 4. The number of aromatic nitrogens is 1. The molecule has 0 N–H and O–H groups in total. The molecule has 1 aliphatic heterocycles. The number of nitrogens with zero attached hydrogens (tertiary/aromatic N) is 2. The molecular formula is C35H25FN2O4S. The number of ether oxygens (including phenoxy) is 2. The quantitative estimate of drug-likeness (QED) is 0.193. The Hall–Kier alpha value is -5.26. The third-order valence-electron chi connectivity index (χ3n) is 7.08. The summed E-state index contributed by atoms with van der Waals surface area (Å²) in [4.78, 5) is 33.1. The molecule has 0 spiro atoms. The Kier molecular flexibility index (Phi) is 7.73. The number of halogens is 1. The smallest absolute Gasteiger partial charge is 0.338 e. The molecule has 0 fully saturated rings. The van der Waals surface area contributed by atoms with E-state index in [4.69, 9.17) is 20.9 Å². The van der Waals surface area contributed by atoms with Crippen LogP contribution in [0.5, 0.6) is 5.75 Å². The van der Waals surface area contributed by atoms with Gasteiger partial charge in [0.25, 0.3) is 5.56 Å². The molecule has 5 aromatic rings. The minimum Gasteiger partial charge on any atom is -0.480 e. The number of fused-ring (bicyclic) bond motifs is 2. The summed E-state index contributed by atoms with van der Waals surface area (Å²) in [6, 6.07) is 25.7. The van der Waals surface area contributed by atoms with Crippen LogP contribution < -0.4 is 19.6 Å². The first-order valence-corrected chi connectivity index (χ1v) is 14.4. The number of carbonyl (C=O) groups is 1. The number of terminal acetylenes is 1. The summed E-state index contributed by atoms with van der Waals surface area (Å²) in [5, 5.41) is 1.85. The molecule has 212 valence electrons. The number of thiazole rings is 1. The minimum atomic E-state index is -0.905. The molecule has 0 radical (unpaired) electrons. The number of hydrogen-bond acceptors (Lipinski definition) is 6. The normalized spacial score (nSPS) is 14.6. The Morgan fingerprint density at radius 3 is 2.53 bits per heavy atom. The molecule has 1 aliphatic rings. The highest BCUT2D eigenvalue weighted by Crippen LogP contribution is 2.35. The van der Waals surface area contributed by atoms with Gasteiger partial charge in [0.2, 0.25) is 0 Å². The van der Waals surface area contributed by atoms with Gasteiger partial charge < -0.3 is 9.47 Å². The highest BCUT2D eigenvalue weighted by Gasteiger charge is 2.35. The number of hydrogen-bond donors (Lipinski definition) is 0. The van der Waals surface area contributed by atoms with Crippen molar-refractivity contribution < 1.29 is 18.7 Å². The van der Waals surface area contributed by atoms with Crippen LogP contribution in [0, 0.1) is 18.2 Å². The van der Waals surface area contributed by atoms with Crippen molar-refractivity contribution in [3.8, 4) is 18.1 Å². The lowest BCUT2D eigenvalue weighted by molar-refractivity contribution is -0.138. The van der Waals surface area contributed by atoms with E-state index < -0.39 is 17.8 Å². The highest BCUT2D eigenvalue weighted by atomic mass is 32.1. The van der Waals surface area contributed by atoms with Gasteiger partial charge in [0.15, 0.2) is 4.80 Å². The number of esters is 1. The molecule has 6 nitrogen and oxygen atoms in total. The third-order valence-corrected chi connectivity index (χ3v) is 8.06. The first-order chi connectivity index (χ1) is 21.0. The molecule has 0 unspecified atom stereocenters. The predicted octanol–water partition coefficient (Wildman–Crippen LogP) is 5.24. The van der Waals surface area contributed by atoms with E-state index in [0.717, 1.165) is 10.8 Å². The topological polar surface area (TPSA) is 69.9 Å². The lowest BCUT2D eigenvalue weighted by Crippen LogP contribution is -2.40. The maximum Gasteiger partial charge on any atom is 0.338 e. The summed E-state index contributed by atoms with van der Waals surface area (Å²) >= 11 is 1.20. The summed E-state index contributed by atoms with van der Waals surface area (Å²) in [5.74, 6) is 1.99. The van der Waals surface area contributed by atoms with Crippen LogP contribution in [0.1, 0.15) is 29.7 Å². The summed E-state index contributed by atoms with van der Waals surface area (Å²) < 4.78 is 27.2. The van der Waals surface area contributed by atoms with Crippen LogP contribution in [0.4, 0.5) is 4.39 Å². The molecule has 0 saturated carbocycles. The molecule has 4 aromatic carbocycles. The fourth-order valence-electron chi connectivity index (χ4n) is 5.20. The van der Waals surface area contributed by atoms with Crippen molar-refractivity contribution in [1.29, 1.82) is 0 Å². The molecule has 6 rings (SSSR count). The Balaban J connectivity index is 1.66. The van der Waals surface area contributed by atoms with Gasteiger partial charge in [0.1, 0.15) is 18.2 Å². The van der Waals surface area contributed by atoms with Crippen LogP contribution in [0.25, 0.3) is 22.5 Å². The van der Waals surface area contributed by atoms with Gasteiger partial charge in [-0.2, -0.15) is 0 Å². The zero-order chi connectivity index (χ0) is 29.9. The van der Waals surface area contributed by atoms with Gasteiger partial charge in [0.05, 0.1) is 28.5 Å². The van der Waals surface area contributed by atoms with E-state index in [-0.39, 0.29) is 24.3 Å². The Morgan fingerprint density at radius 1 is 1.05 bits per heavy atom. The summed E-state index contributed by atoms with van der Waals surface area (Å²) in [5.41, 5.74) is 2.16. The van der Waals surface area contributed by atoms with E-state index in [1.165, 1.54) is 28.0 Å². The summed E-state index contributed by atoms with van der Waals surface area (Å²) in [6.07, 6.45) is 7.24. The molecular weight excluding hydrogens is 563 g/mol. The summed E-state index contributed by atoms with van der Waals surface area (Å²) in [6.45, 7) is 1.91. The lowest BCUT2D eigenvalue weighted by Gasteiger charge is -2.25. The van der Waals surface area contributed by atoms with Crippen LogP contribution in [0.2, 0.25) is 0 Å². The van der Waals surface area contributed by atoms with Crippen LogP contribution in [0.15, 0.2) is 106 Å². The van der Waals surface area contributed by atoms with Gasteiger partial charge in [-0.3, -0.25) is 9.36 Å². The zero-order valence-electron chi connectivity index (χ0n) is 23.1. The van der Waals surface area contributed by atoms with E-state index >= 15 is 0 Å². The van der Waals surface area contributed by atoms with Crippen LogP contribution in [0.3, 0.4) is 0 Å². The van der Waals surface area contributed by atoms with Gasteiger partial charge in [-0.1, -0.05) is 90.1 Å². The standard InChI is InChI=1S/C35H25FN2O4S/c1-3-20-42-28-19-16-22-10-8-9-13-26(22)27(28)21-29-33(39)38-32(24-14-17-25(36)18-15-24)30(34(40)41-4-2)31(37-35(38)43-29)23-11-6-5-7-12-23/h1,5-19,21,32H,4,20H2,2H3/b29-21-/t32-/m1/s1. The Morgan fingerprint density at radius 2 is 1.79 bits per heavy atom. The van der Waals surface area contributed by atoms with Crippen molar-refractivity contribution in [1.82, 2.24) is 4.57 Å². The average molecular weight is 589 g/mol. The third kappa shape index (κ3) is 5.27. The van der Waals surface area contributed by atoms with E-state index in [1.807, 2.05) is 66.7 Å². The SMILES string of the molecule is C#CCOc1ccc2ccccc2c1/C=c1\sc2n(c1=O)[C@H](c1ccc(F)cc1)C(C(=O)OCC)=C(c1ccccc1)N=2. The fraction of sp³-hybridized carbons (Fsp3) is 0.114. The molecule has 0 aliphatic carbocycles. The molecule has 1 aromatic heterocycles. The molecule has 2 heterocycles. The molecule has 1 atom stereocenters. The second-order valence-electron chi connectivity index (χ2n) is 9.67. The number of rotatable bonds is 7. The van der Waals surface area contributed by atoms with Crippen LogP contribution in [-0.4, -0.2) is 23.8 Å². The first-order valence-electron chi connectivity index (χ1n) is 13.6. The van der Waals surface area contributed by atoms with Crippen LogP contribution >= 0.6 is 11.3 Å². The van der Waals surface area contributed by atoms with Crippen molar-refractivity contribution in [2.45, 2.75) is 13.0 Å². The second kappa shape index (κ2) is 11.9. The Bertz CT molecular complexity index is 2110. The van der Waals surface area contributed by atoms with E-state index in [9.17, 15) is 14.0 Å². The molecule has 0 amide bonds. The van der Waals surface area contributed by atoms with Gasteiger partial charge in [-0.25, -0.2) is 14.2 Å². The van der Waals surface area contributed by atoms with Gasteiger partial charge in [0, 0.05) is 11.1 Å². The van der Waals surface area contributed by atoms with Crippen molar-refractivity contribution >= 4 is 39.9 Å². The van der Waals surface area contributed by atoms with Gasteiger partial charge in [-0.05, 0) is 47.5 Å². The predicted molar refractivity (Wildman–Crippen MR) is 166 cm³/mol. The molecule has 0 bridgehead atoms. The lowest BCUT2D eigenvalue weighted by atomic mass is 9.93. The van der Waals surface area contributed by atoms with Crippen molar-refractivity contribution in [2.75, 3.05) is 13.2 Å². The van der Waals surface area contributed by atoms with Gasteiger partial charge >= 0.3 is 5.97 Å².